The van der Waals surface area contributed by atoms with Gasteiger partial charge in [-0.15, -0.1) is 0 Å². The van der Waals surface area contributed by atoms with Gasteiger partial charge in [-0.25, -0.2) is 4.79 Å². The van der Waals surface area contributed by atoms with E-state index in [0.29, 0.717) is 16.8 Å². The van der Waals surface area contributed by atoms with Crippen LogP contribution in [0.2, 0.25) is 0 Å². The Balaban J connectivity index is 1.39. The standard InChI is InChI=1S/C30H21N3O3/c34-28(33-25-4-2-15-31-19-25)17-21-8-6-20(7-9-21)10-11-23-3-1-5-26(30(35)36)29(23)24-13-12-22-14-16-32-27(22)18-24/h1-9,12-16,18-19,32H,17H2,(H,33,34)(H,35,36). The van der Waals surface area contributed by atoms with Gasteiger partial charge in [0.1, 0.15) is 0 Å². The molecule has 3 N–H and O–H groups in total. The molecule has 2 aromatic heterocycles. The number of fused-ring (bicyclic) bond motifs is 1. The first-order valence-electron chi connectivity index (χ1n) is 11.3. The van der Waals surface area contributed by atoms with Crippen LogP contribution in [0.25, 0.3) is 22.0 Å². The van der Waals surface area contributed by atoms with Crippen LogP contribution in [0.5, 0.6) is 0 Å². The van der Waals surface area contributed by atoms with Gasteiger partial charge < -0.3 is 15.4 Å². The van der Waals surface area contributed by atoms with Gasteiger partial charge in [-0.2, -0.15) is 0 Å². The first-order chi connectivity index (χ1) is 17.6. The summed E-state index contributed by atoms with van der Waals surface area (Å²) in [6.45, 7) is 0. The molecule has 0 unspecified atom stereocenters. The van der Waals surface area contributed by atoms with Crippen molar-refractivity contribution in [1.29, 1.82) is 0 Å². The molecule has 1 amide bonds. The lowest BCUT2D eigenvalue weighted by Gasteiger charge is -2.10. The minimum absolute atomic E-state index is 0.129. The van der Waals surface area contributed by atoms with Gasteiger partial charge in [0.15, 0.2) is 0 Å². The van der Waals surface area contributed by atoms with Crippen molar-refractivity contribution in [1.82, 2.24) is 9.97 Å². The number of aromatic carboxylic acids is 1. The molecular formula is C30H21N3O3. The first-order valence-corrected chi connectivity index (χ1v) is 11.3. The quantitative estimate of drug-likeness (QED) is 0.295. The molecule has 0 saturated heterocycles. The summed E-state index contributed by atoms with van der Waals surface area (Å²) in [4.78, 5) is 31.4. The molecule has 0 saturated carbocycles. The number of anilines is 1. The fourth-order valence-corrected chi connectivity index (χ4v) is 4.02. The van der Waals surface area contributed by atoms with Gasteiger partial charge in [0, 0.05) is 34.6 Å². The molecule has 3 aromatic carbocycles. The molecule has 0 radical (unpaired) electrons. The average molecular weight is 472 g/mol. The van der Waals surface area contributed by atoms with Crippen LogP contribution in [0.15, 0.2) is 97.5 Å². The average Bonchev–Trinajstić information content (AvgIpc) is 3.36. The van der Waals surface area contributed by atoms with Gasteiger partial charge >= 0.3 is 5.97 Å². The molecular weight excluding hydrogens is 450 g/mol. The number of carbonyl (C=O) groups excluding carboxylic acids is 1. The van der Waals surface area contributed by atoms with Gasteiger partial charge in [-0.1, -0.05) is 42.2 Å². The molecule has 0 aliphatic rings. The summed E-state index contributed by atoms with van der Waals surface area (Å²) in [5.74, 6) is 5.14. The molecule has 6 heteroatoms. The molecule has 5 aromatic rings. The highest BCUT2D eigenvalue weighted by Crippen LogP contribution is 2.30. The summed E-state index contributed by atoms with van der Waals surface area (Å²) in [5, 5.41) is 13.7. The molecule has 6 nitrogen and oxygen atoms in total. The fraction of sp³-hybridized carbons (Fsp3) is 0.0333. The maximum absolute atomic E-state index is 12.3. The molecule has 0 aliphatic heterocycles. The molecule has 0 spiro atoms. The largest absolute Gasteiger partial charge is 0.478 e. The third-order valence-corrected chi connectivity index (χ3v) is 5.74. The lowest BCUT2D eigenvalue weighted by molar-refractivity contribution is -0.115. The van der Waals surface area contributed by atoms with E-state index in [2.05, 4.69) is 27.1 Å². The number of carbonyl (C=O) groups is 2. The Bertz CT molecular complexity index is 1630. The number of nitrogens with zero attached hydrogens (tertiary/aromatic N) is 1. The Morgan fingerprint density at radius 3 is 2.58 bits per heavy atom. The molecule has 36 heavy (non-hydrogen) atoms. The zero-order chi connectivity index (χ0) is 24.9. The van der Waals surface area contributed by atoms with E-state index >= 15 is 0 Å². The molecule has 0 atom stereocenters. The van der Waals surface area contributed by atoms with E-state index in [9.17, 15) is 14.7 Å². The summed E-state index contributed by atoms with van der Waals surface area (Å²) in [5.41, 5.74) is 5.38. The zero-order valence-electron chi connectivity index (χ0n) is 19.2. The Hall–Kier alpha value is -5.15. The van der Waals surface area contributed by atoms with Crippen molar-refractivity contribution in [2.24, 2.45) is 0 Å². The number of hydrogen-bond acceptors (Lipinski definition) is 3. The van der Waals surface area contributed by atoms with Crippen molar-refractivity contribution < 1.29 is 14.7 Å². The van der Waals surface area contributed by atoms with E-state index < -0.39 is 5.97 Å². The van der Waals surface area contributed by atoms with E-state index in [4.69, 9.17) is 0 Å². The fourth-order valence-electron chi connectivity index (χ4n) is 4.02. The van der Waals surface area contributed by atoms with E-state index in [1.165, 1.54) is 0 Å². The number of hydrogen-bond donors (Lipinski definition) is 3. The second-order valence-corrected chi connectivity index (χ2v) is 8.23. The second-order valence-electron chi connectivity index (χ2n) is 8.23. The summed E-state index contributed by atoms with van der Waals surface area (Å²) in [6.07, 6.45) is 5.33. The maximum atomic E-state index is 12.3. The molecule has 0 bridgehead atoms. The van der Waals surface area contributed by atoms with Crippen molar-refractivity contribution in [3.8, 4) is 23.0 Å². The molecule has 0 aliphatic carbocycles. The Kier molecular flexibility index (Phi) is 6.29. The van der Waals surface area contributed by atoms with Crippen LogP contribution >= 0.6 is 0 Å². The highest BCUT2D eigenvalue weighted by Gasteiger charge is 2.15. The molecule has 0 fully saturated rings. The molecule has 2 heterocycles. The van der Waals surface area contributed by atoms with Crippen LogP contribution in [0.1, 0.15) is 27.0 Å². The number of aromatic amines is 1. The van der Waals surface area contributed by atoms with Crippen LogP contribution in [-0.2, 0) is 11.2 Å². The number of amides is 1. The summed E-state index contributed by atoms with van der Waals surface area (Å²) in [6, 6.07) is 23.9. The highest BCUT2D eigenvalue weighted by atomic mass is 16.4. The third-order valence-electron chi connectivity index (χ3n) is 5.74. The zero-order valence-corrected chi connectivity index (χ0v) is 19.2. The van der Waals surface area contributed by atoms with Gasteiger partial charge in [0.25, 0.3) is 0 Å². The predicted octanol–water partition coefficient (Wildman–Crippen LogP) is 5.51. The van der Waals surface area contributed by atoms with Crippen LogP contribution in [-0.4, -0.2) is 27.0 Å². The van der Waals surface area contributed by atoms with Crippen molar-refractivity contribution in [3.05, 3.63) is 120 Å². The Morgan fingerprint density at radius 1 is 0.944 bits per heavy atom. The van der Waals surface area contributed by atoms with Crippen LogP contribution < -0.4 is 5.32 Å². The van der Waals surface area contributed by atoms with Gasteiger partial charge in [-0.3, -0.25) is 9.78 Å². The smallest absolute Gasteiger partial charge is 0.336 e. The Labute approximate surface area is 207 Å². The maximum Gasteiger partial charge on any atom is 0.336 e. The Morgan fingerprint density at radius 2 is 1.81 bits per heavy atom. The summed E-state index contributed by atoms with van der Waals surface area (Å²) >= 11 is 0. The van der Waals surface area contributed by atoms with Crippen molar-refractivity contribution in [2.45, 2.75) is 6.42 Å². The monoisotopic (exact) mass is 471 g/mol. The highest BCUT2D eigenvalue weighted by molar-refractivity contribution is 5.99. The normalized spacial score (nSPS) is 10.4. The molecule has 174 valence electrons. The van der Waals surface area contributed by atoms with Crippen LogP contribution in [0.3, 0.4) is 0 Å². The van der Waals surface area contributed by atoms with E-state index in [-0.39, 0.29) is 17.9 Å². The number of carboxylic acids is 1. The van der Waals surface area contributed by atoms with Gasteiger partial charge in [0.05, 0.1) is 23.9 Å². The van der Waals surface area contributed by atoms with Crippen LogP contribution in [0, 0.1) is 11.8 Å². The minimum atomic E-state index is -1.01. The predicted molar refractivity (Wildman–Crippen MR) is 140 cm³/mol. The van der Waals surface area contributed by atoms with E-state index in [1.807, 2.05) is 60.8 Å². The topological polar surface area (TPSA) is 95.1 Å². The number of rotatable bonds is 5. The number of nitrogens with one attached hydrogen (secondary N) is 2. The summed E-state index contributed by atoms with van der Waals surface area (Å²) < 4.78 is 0. The van der Waals surface area contributed by atoms with E-state index in [0.717, 1.165) is 27.6 Å². The third kappa shape index (κ3) is 5.01. The van der Waals surface area contributed by atoms with Crippen molar-refractivity contribution in [3.63, 3.8) is 0 Å². The minimum Gasteiger partial charge on any atom is -0.478 e. The number of carboxylic acid groups (broad SMARTS) is 1. The summed E-state index contributed by atoms with van der Waals surface area (Å²) in [7, 11) is 0. The molecule has 5 rings (SSSR count). The van der Waals surface area contributed by atoms with Gasteiger partial charge in [0.2, 0.25) is 5.91 Å². The van der Waals surface area contributed by atoms with Crippen molar-refractivity contribution in [2.75, 3.05) is 5.32 Å². The van der Waals surface area contributed by atoms with Crippen molar-refractivity contribution >= 4 is 28.5 Å². The number of pyridine rings is 1. The first kappa shape index (κ1) is 22.6. The lowest BCUT2D eigenvalue weighted by atomic mass is 9.93. The number of benzene rings is 3. The lowest BCUT2D eigenvalue weighted by Crippen LogP contribution is -2.14. The number of H-pyrrole nitrogens is 1. The SMILES string of the molecule is O=C(Cc1ccc(C#Cc2cccc(C(=O)O)c2-c2ccc3cc[nH]c3c2)cc1)Nc1cccnc1. The number of aromatic nitrogens is 2. The second kappa shape index (κ2) is 10.00. The van der Waals surface area contributed by atoms with E-state index in [1.54, 1.807) is 36.7 Å². The van der Waals surface area contributed by atoms with Gasteiger partial charge in [-0.05, 0) is 65.0 Å². The van der Waals surface area contributed by atoms with Crippen LogP contribution in [0.4, 0.5) is 5.69 Å².